The molecule has 3 nitrogen and oxygen atoms in total. The van der Waals surface area contributed by atoms with Gasteiger partial charge in [0.05, 0.1) is 7.11 Å². The van der Waals surface area contributed by atoms with Crippen LogP contribution in [-0.2, 0) is 0 Å². The molecule has 1 amide bonds. The smallest absolute Gasteiger partial charge is 0.251 e. The van der Waals surface area contributed by atoms with E-state index in [0.717, 1.165) is 22.8 Å². The highest BCUT2D eigenvalue weighted by molar-refractivity contribution is 5.94. The van der Waals surface area contributed by atoms with Crippen molar-refractivity contribution in [3.63, 3.8) is 0 Å². The van der Waals surface area contributed by atoms with Gasteiger partial charge >= 0.3 is 0 Å². The van der Waals surface area contributed by atoms with Gasteiger partial charge in [0.25, 0.3) is 5.91 Å². The van der Waals surface area contributed by atoms with Gasteiger partial charge in [-0.1, -0.05) is 6.42 Å². The topological polar surface area (TPSA) is 38.3 Å². The number of rotatable bonds is 3. The van der Waals surface area contributed by atoms with E-state index in [0.29, 0.717) is 12.0 Å². The molecule has 0 spiro atoms. The predicted molar refractivity (Wildman–Crippen MR) is 74.4 cm³/mol. The lowest BCUT2D eigenvalue weighted by Gasteiger charge is -2.23. The third kappa shape index (κ3) is 2.34. The molecule has 2 saturated carbocycles. The molecule has 0 unspecified atom stereocenters. The summed E-state index contributed by atoms with van der Waals surface area (Å²) in [7, 11) is 1.65. The van der Waals surface area contributed by atoms with E-state index < -0.39 is 0 Å². The Labute approximate surface area is 114 Å². The number of fused-ring (bicyclic) bond motifs is 2. The van der Waals surface area contributed by atoms with E-state index in [-0.39, 0.29) is 5.91 Å². The molecule has 0 heterocycles. The summed E-state index contributed by atoms with van der Waals surface area (Å²) in [6.45, 7) is 1.97. The summed E-state index contributed by atoms with van der Waals surface area (Å²) in [5, 5.41) is 3.21. The van der Waals surface area contributed by atoms with Crippen LogP contribution >= 0.6 is 0 Å². The highest BCUT2D eigenvalue weighted by Gasteiger charge is 2.40. The van der Waals surface area contributed by atoms with Crippen LogP contribution in [0.4, 0.5) is 0 Å². The first-order chi connectivity index (χ1) is 9.17. The van der Waals surface area contributed by atoms with E-state index in [1.807, 2.05) is 25.1 Å². The van der Waals surface area contributed by atoms with E-state index in [9.17, 15) is 4.79 Å². The number of amides is 1. The van der Waals surface area contributed by atoms with Gasteiger partial charge in [0.1, 0.15) is 5.75 Å². The van der Waals surface area contributed by atoms with Gasteiger partial charge in [-0.3, -0.25) is 4.79 Å². The second kappa shape index (κ2) is 4.87. The third-order valence-corrected chi connectivity index (χ3v) is 4.71. The number of methoxy groups -OCH3 is 1. The minimum atomic E-state index is 0.0586. The van der Waals surface area contributed by atoms with Crippen molar-refractivity contribution in [2.24, 2.45) is 11.8 Å². The zero-order valence-corrected chi connectivity index (χ0v) is 11.6. The first-order valence-electron chi connectivity index (χ1n) is 7.13. The van der Waals surface area contributed by atoms with Crippen LogP contribution in [-0.4, -0.2) is 19.1 Å². The number of nitrogens with one attached hydrogen (secondary N) is 1. The molecule has 3 rings (SSSR count). The Morgan fingerprint density at radius 3 is 2.74 bits per heavy atom. The molecule has 102 valence electrons. The number of benzene rings is 1. The van der Waals surface area contributed by atoms with Crippen LogP contribution in [0.15, 0.2) is 18.2 Å². The van der Waals surface area contributed by atoms with Crippen molar-refractivity contribution in [1.82, 2.24) is 5.32 Å². The first-order valence-corrected chi connectivity index (χ1v) is 7.13. The normalized spacial score (nSPS) is 28.4. The Balaban J connectivity index is 1.69. The number of carbonyl (C=O) groups excluding carboxylic acids is 1. The number of ether oxygens (including phenoxy) is 1. The second-order valence-corrected chi connectivity index (χ2v) is 5.94. The Kier molecular flexibility index (Phi) is 3.21. The standard InChI is InChI=1S/C16H21NO2/c1-10-7-13(5-6-15(10)19-2)16(18)17-14-9-11-3-4-12(14)8-11/h5-7,11-12,14H,3-4,8-9H2,1-2H3,(H,17,18)/t11-,12-,14-/m0/s1. The SMILES string of the molecule is COc1ccc(C(=O)N[C@H]2C[C@H]3CC[C@H]2C3)cc1C. The van der Waals surface area contributed by atoms with Crippen molar-refractivity contribution in [3.8, 4) is 5.75 Å². The summed E-state index contributed by atoms with van der Waals surface area (Å²) < 4.78 is 5.22. The van der Waals surface area contributed by atoms with Gasteiger partial charge < -0.3 is 10.1 Å². The third-order valence-electron chi connectivity index (χ3n) is 4.71. The molecule has 3 atom stereocenters. The van der Waals surface area contributed by atoms with Gasteiger partial charge in [0.2, 0.25) is 0 Å². The Bertz CT molecular complexity index is 498. The molecule has 2 aliphatic carbocycles. The highest BCUT2D eigenvalue weighted by Crippen LogP contribution is 2.44. The summed E-state index contributed by atoms with van der Waals surface area (Å²) in [6, 6.07) is 6.01. The maximum atomic E-state index is 12.3. The van der Waals surface area contributed by atoms with Crippen molar-refractivity contribution >= 4 is 5.91 Å². The van der Waals surface area contributed by atoms with E-state index in [1.54, 1.807) is 7.11 Å². The number of hydrogen-bond donors (Lipinski definition) is 1. The Morgan fingerprint density at radius 1 is 1.32 bits per heavy atom. The van der Waals surface area contributed by atoms with Gasteiger partial charge in [-0.25, -0.2) is 0 Å². The molecule has 3 heteroatoms. The van der Waals surface area contributed by atoms with Gasteiger partial charge in [0.15, 0.2) is 0 Å². The minimum absolute atomic E-state index is 0.0586. The largest absolute Gasteiger partial charge is 0.496 e. The number of hydrogen-bond acceptors (Lipinski definition) is 2. The molecular weight excluding hydrogens is 238 g/mol. The first kappa shape index (κ1) is 12.5. The fourth-order valence-corrected chi connectivity index (χ4v) is 3.69. The Morgan fingerprint density at radius 2 is 2.16 bits per heavy atom. The summed E-state index contributed by atoms with van der Waals surface area (Å²) in [5.41, 5.74) is 1.74. The molecule has 2 bridgehead atoms. The van der Waals surface area contributed by atoms with Crippen molar-refractivity contribution in [1.29, 1.82) is 0 Å². The molecule has 0 radical (unpaired) electrons. The van der Waals surface area contributed by atoms with Gasteiger partial charge in [-0.05, 0) is 61.8 Å². The maximum Gasteiger partial charge on any atom is 0.251 e. The van der Waals surface area contributed by atoms with E-state index in [2.05, 4.69) is 5.32 Å². The average Bonchev–Trinajstić information content (AvgIpc) is 3.00. The zero-order chi connectivity index (χ0) is 13.4. The predicted octanol–water partition coefficient (Wildman–Crippen LogP) is 2.92. The van der Waals surface area contributed by atoms with Crippen LogP contribution in [0.2, 0.25) is 0 Å². The monoisotopic (exact) mass is 259 g/mol. The summed E-state index contributed by atoms with van der Waals surface area (Å²) >= 11 is 0. The molecule has 0 saturated heterocycles. The lowest BCUT2D eigenvalue weighted by molar-refractivity contribution is 0.0923. The van der Waals surface area contributed by atoms with Crippen molar-refractivity contribution in [3.05, 3.63) is 29.3 Å². The molecule has 0 aliphatic heterocycles. The molecule has 19 heavy (non-hydrogen) atoms. The van der Waals surface area contributed by atoms with Crippen LogP contribution in [0.3, 0.4) is 0 Å². The van der Waals surface area contributed by atoms with Gasteiger partial charge in [-0.2, -0.15) is 0 Å². The van der Waals surface area contributed by atoms with E-state index >= 15 is 0 Å². The molecule has 2 fully saturated rings. The molecular formula is C16H21NO2. The number of aryl methyl sites for hydroxylation is 1. The van der Waals surface area contributed by atoms with Crippen molar-refractivity contribution < 1.29 is 9.53 Å². The molecule has 1 N–H and O–H groups in total. The van der Waals surface area contributed by atoms with Crippen LogP contribution < -0.4 is 10.1 Å². The quantitative estimate of drug-likeness (QED) is 0.906. The number of carbonyl (C=O) groups is 1. The van der Waals surface area contributed by atoms with Crippen LogP contribution in [0, 0.1) is 18.8 Å². The second-order valence-electron chi connectivity index (χ2n) is 5.94. The van der Waals surface area contributed by atoms with E-state index in [1.165, 1.54) is 25.7 Å². The lowest BCUT2D eigenvalue weighted by Crippen LogP contribution is -2.38. The average molecular weight is 259 g/mol. The van der Waals surface area contributed by atoms with Crippen molar-refractivity contribution in [2.45, 2.75) is 38.6 Å². The molecule has 0 aromatic heterocycles. The Hall–Kier alpha value is -1.51. The van der Waals surface area contributed by atoms with Crippen LogP contribution in [0.5, 0.6) is 5.75 Å². The van der Waals surface area contributed by atoms with Gasteiger partial charge in [-0.15, -0.1) is 0 Å². The van der Waals surface area contributed by atoms with Crippen molar-refractivity contribution in [2.75, 3.05) is 7.11 Å². The maximum absolute atomic E-state index is 12.3. The van der Waals surface area contributed by atoms with E-state index in [4.69, 9.17) is 4.74 Å². The molecule has 2 aliphatic rings. The summed E-state index contributed by atoms with van der Waals surface area (Å²) in [6.07, 6.45) is 5.13. The fraction of sp³-hybridized carbons (Fsp3) is 0.562. The zero-order valence-electron chi connectivity index (χ0n) is 11.6. The summed E-state index contributed by atoms with van der Waals surface area (Å²) in [4.78, 5) is 12.3. The van der Waals surface area contributed by atoms with Crippen LogP contribution in [0.25, 0.3) is 0 Å². The summed E-state index contributed by atoms with van der Waals surface area (Å²) in [5.74, 6) is 2.46. The van der Waals surface area contributed by atoms with Crippen LogP contribution in [0.1, 0.15) is 41.6 Å². The van der Waals surface area contributed by atoms with Gasteiger partial charge in [0, 0.05) is 11.6 Å². The highest BCUT2D eigenvalue weighted by atomic mass is 16.5. The fourth-order valence-electron chi connectivity index (χ4n) is 3.69. The molecule has 1 aromatic rings. The minimum Gasteiger partial charge on any atom is -0.496 e. The molecule has 1 aromatic carbocycles. The lowest BCUT2D eigenvalue weighted by atomic mass is 9.95.